The van der Waals surface area contributed by atoms with Crippen LogP contribution in [0, 0.1) is 26.7 Å². The van der Waals surface area contributed by atoms with E-state index in [1.165, 1.54) is 41.5 Å². The lowest BCUT2D eigenvalue weighted by molar-refractivity contribution is 0.108. The maximum Gasteiger partial charge on any atom is 0.0540 e. The number of aliphatic hydroxyl groups is 1. The van der Waals surface area contributed by atoms with Crippen LogP contribution in [0.25, 0.3) is 0 Å². The molecule has 1 aliphatic rings. The van der Waals surface area contributed by atoms with E-state index in [0.717, 1.165) is 18.8 Å². The quantitative estimate of drug-likeness (QED) is 0.824. The van der Waals surface area contributed by atoms with Gasteiger partial charge in [0.15, 0.2) is 0 Å². The van der Waals surface area contributed by atoms with Crippen molar-refractivity contribution in [2.45, 2.75) is 59.0 Å². The zero-order chi connectivity index (χ0) is 12.4. The number of aryl methyl sites for hydroxylation is 3. The summed E-state index contributed by atoms with van der Waals surface area (Å²) in [5, 5.41) is 9.53. The first kappa shape index (κ1) is 12.6. The largest absolute Gasteiger partial charge is 0.393 e. The summed E-state index contributed by atoms with van der Waals surface area (Å²) in [6.07, 6.45) is 5.52. The van der Waals surface area contributed by atoms with Crippen molar-refractivity contribution in [3.05, 3.63) is 34.4 Å². The number of aliphatic hydroxyl groups excluding tert-OH is 1. The fourth-order valence-corrected chi connectivity index (χ4v) is 2.90. The van der Waals surface area contributed by atoms with E-state index in [-0.39, 0.29) is 6.10 Å². The third-order valence-electron chi connectivity index (χ3n) is 4.28. The molecule has 0 unspecified atom stereocenters. The minimum Gasteiger partial charge on any atom is -0.393 e. The molecule has 0 aromatic heterocycles. The molecular weight excluding hydrogens is 208 g/mol. The van der Waals surface area contributed by atoms with Crippen molar-refractivity contribution in [3.8, 4) is 0 Å². The molecule has 17 heavy (non-hydrogen) atoms. The molecule has 1 saturated carbocycles. The predicted octanol–water partition coefficient (Wildman–Crippen LogP) is 3.71. The molecule has 0 bridgehead atoms. The van der Waals surface area contributed by atoms with Gasteiger partial charge < -0.3 is 5.11 Å². The van der Waals surface area contributed by atoms with Crippen molar-refractivity contribution in [2.75, 3.05) is 0 Å². The lowest BCUT2D eigenvalue weighted by Crippen LogP contribution is -2.19. The average molecular weight is 232 g/mol. The van der Waals surface area contributed by atoms with Crippen LogP contribution in [-0.4, -0.2) is 11.2 Å². The second-order valence-corrected chi connectivity index (χ2v) is 5.74. The summed E-state index contributed by atoms with van der Waals surface area (Å²) in [5.41, 5.74) is 5.74. The average Bonchev–Trinajstić information content (AvgIpc) is 2.29. The molecule has 0 amide bonds. The van der Waals surface area contributed by atoms with Gasteiger partial charge in [0.2, 0.25) is 0 Å². The molecule has 2 rings (SSSR count). The Morgan fingerprint density at radius 3 is 2.18 bits per heavy atom. The molecule has 0 spiro atoms. The third-order valence-corrected chi connectivity index (χ3v) is 4.28. The van der Waals surface area contributed by atoms with Gasteiger partial charge in [0.05, 0.1) is 6.10 Å². The number of hydrogen-bond donors (Lipinski definition) is 1. The molecular formula is C16H24O. The second-order valence-electron chi connectivity index (χ2n) is 5.74. The fourth-order valence-electron chi connectivity index (χ4n) is 2.90. The molecule has 0 atom stereocenters. The molecule has 94 valence electrons. The van der Waals surface area contributed by atoms with Gasteiger partial charge in [-0.1, -0.05) is 12.1 Å². The Morgan fingerprint density at radius 2 is 1.53 bits per heavy atom. The molecule has 0 aliphatic heterocycles. The highest BCUT2D eigenvalue weighted by Crippen LogP contribution is 2.29. The second kappa shape index (κ2) is 5.22. The summed E-state index contributed by atoms with van der Waals surface area (Å²) in [6.45, 7) is 6.60. The van der Waals surface area contributed by atoms with E-state index in [9.17, 15) is 5.11 Å². The summed E-state index contributed by atoms with van der Waals surface area (Å²) >= 11 is 0. The van der Waals surface area contributed by atoms with E-state index >= 15 is 0 Å². The normalized spacial score (nSPS) is 24.9. The summed E-state index contributed by atoms with van der Waals surface area (Å²) in [5.74, 6) is 0.777. The number of hydrogen-bond acceptors (Lipinski definition) is 1. The van der Waals surface area contributed by atoms with Gasteiger partial charge in [-0.15, -0.1) is 0 Å². The van der Waals surface area contributed by atoms with Crippen LogP contribution < -0.4 is 0 Å². The van der Waals surface area contributed by atoms with Crippen molar-refractivity contribution in [1.82, 2.24) is 0 Å². The van der Waals surface area contributed by atoms with Crippen molar-refractivity contribution < 1.29 is 5.11 Å². The van der Waals surface area contributed by atoms with Crippen LogP contribution in [-0.2, 0) is 6.42 Å². The van der Waals surface area contributed by atoms with Crippen molar-refractivity contribution in [3.63, 3.8) is 0 Å². The third kappa shape index (κ3) is 3.10. The van der Waals surface area contributed by atoms with Gasteiger partial charge >= 0.3 is 0 Å². The van der Waals surface area contributed by atoms with Gasteiger partial charge in [0, 0.05) is 0 Å². The SMILES string of the molecule is Cc1cc(C)c(CC2CCC(O)CC2)cc1C. The Balaban J connectivity index is 2.06. The zero-order valence-electron chi connectivity index (χ0n) is 11.3. The fraction of sp³-hybridized carbons (Fsp3) is 0.625. The Labute approximate surface area is 105 Å². The van der Waals surface area contributed by atoms with Crippen LogP contribution in [0.1, 0.15) is 47.9 Å². The molecule has 1 nitrogen and oxygen atoms in total. The number of rotatable bonds is 2. The van der Waals surface area contributed by atoms with Gasteiger partial charge in [0.25, 0.3) is 0 Å². The van der Waals surface area contributed by atoms with Crippen LogP contribution in [0.2, 0.25) is 0 Å². The first-order valence-electron chi connectivity index (χ1n) is 6.81. The molecule has 1 heteroatoms. The summed E-state index contributed by atoms with van der Waals surface area (Å²) < 4.78 is 0. The topological polar surface area (TPSA) is 20.2 Å². The van der Waals surface area contributed by atoms with Gasteiger partial charge in [-0.3, -0.25) is 0 Å². The first-order valence-corrected chi connectivity index (χ1v) is 6.81. The highest BCUT2D eigenvalue weighted by molar-refractivity contribution is 5.36. The lowest BCUT2D eigenvalue weighted by Gasteiger charge is -2.26. The number of benzene rings is 1. The van der Waals surface area contributed by atoms with Crippen molar-refractivity contribution in [1.29, 1.82) is 0 Å². The summed E-state index contributed by atoms with van der Waals surface area (Å²) in [7, 11) is 0. The van der Waals surface area contributed by atoms with Crippen molar-refractivity contribution in [2.24, 2.45) is 5.92 Å². The Morgan fingerprint density at radius 1 is 0.941 bits per heavy atom. The van der Waals surface area contributed by atoms with Gasteiger partial charge in [-0.05, 0) is 81.0 Å². The van der Waals surface area contributed by atoms with E-state index in [0.29, 0.717) is 0 Å². The Kier molecular flexibility index (Phi) is 3.88. The minimum atomic E-state index is -0.0351. The van der Waals surface area contributed by atoms with E-state index in [1.54, 1.807) is 0 Å². The molecule has 0 saturated heterocycles. The maximum absolute atomic E-state index is 9.53. The molecule has 1 fully saturated rings. The zero-order valence-corrected chi connectivity index (χ0v) is 11.3. The van der Waals surface area contributed by atoms with Gasteiger partial charge in [-0.2, -0.15) is 0 Å². The van der Waals surface area contributed by atoms with Crippen LogP contribution >= 0.6 is 0 Å². The first-order chi connectivity index (χ1) is 8.06. The monoisotopic (exact) mass is 232 g/mol. The molecule has 0 heterocycles. The van der Waals surface area contributed by atoms with Crippen LogP contribution in [0.4, 0.5) is 0 Å². The van der Waals surface area contributed by atoms with Gasteiger partial charge in [-0.25, -0.2) is 0 Å². The molecule has 1 aliphatic carbocycles. The molecule has 1 N–H and O–H groups in total. The van der Waals surface area contributed by atoms with Crippen molar-refractivity contribution >= 4 is 0 Å². The molecule has 1 aromatic carbocycles. The Hall–Kier alpha value is -0.820. The lowest BCUT2D eigenvalue weighted by atomic mass is 9.82. The van der Waals surface area contributed by atoms with E-state index in [4.69, 9.17) is 0 Å². The van der Waals surface area contributed by atoms with Crippen LogP contribution in [0.3, 0.4) is 0 Å². The minimum absolute atomic E-state index is 0.0351. The smallest absolute Gasteiger partial charge is 0.0540 e. The van der Waals surface area contributed by atoms with Gasteiger partial charge in [0.1, 0.15) is 0 Å². The molecule has 1 aromatic rings. The standard InChI is InChI=1S/C16H24O/c1-11-8-13(3)15(9-12(11)2)10-14-4-6-16(17)7-5-14/h8-9,14,16-17H,4-7,10H2,1-3H3. The van der Waals surface area contributed by atoms with Crippen LogP contribution in [0.15, 0.2) is 12.1 Å². The summed E-state index contributed by atoms with van der Waals surface area (Å²) in [4.78, 5) is 0. The van der Waals surface area contributed by atoms with E-state index < -0.39 is 0 Å². The maximum atomic E-state index is 9.53. The van der Waals surface area contributed by atoms with E-state index in [2.05, 4.69) is 32.9 Å². The van der Waals surface area contributed by atoms with E-state index in [1.807, 2.05) is 0 Å². The predicted molar refractivity (Wildman–Crippen MR) is 72.3 cm³/mol. The highest BCUT2D eigenvalue weighted by Gasteiger charge is 2.20. The highest BCUT2D eigenvalue weighted by atomic mass is 16.3. The molecule has 0 radical (unpaired) electrons. The van der Waals surface area contributed by atoms with Crippen LogP contribution in [0.5, 0.6) is 0 Å². The summed E-state index contributed by atoms with van der Waals surface area (Å²) in [6, 6.07) is 4.66. The Bertz CT molecular complexity index is 387.